The lowest BCUT2D eigenvalue weighted by Crippen LogP contribution is -2.70. The molecule has 0 aromatic heterocycles. The number of hydrogen-bond donors (Lipinski definition) is 1. The van der Waals surface area contributed by atoms with Crippen molar-refractivity contribution in [2.45, 2.75) is 84.2 Å². The summed E-state index contributed by atoms with van der Waals surface area (Å²) < 4.78 is 0. The van der Waals surface area contributed by atoms with Gasteiger partial charge in [-0.2, -0.15) is 5.26 Å². The number of nitrogens with zero attached hydrogens (tertiary/aromatic N) is 3. The number of fused-ring (bicyclic) bond motifs is 5. The largest absolute Gasteiger partial charge is 0.481 e. The van der Waals surface area contributed by atoms with Gasteiger partial charge in [0.05, 0.1) is 22.6 Å². The molecule has 2 aliphatic heterocycles. The molecule has 7 atom stereocenters. The van der Waals surface area contributed by atoms with Crippen molar-refractivity contribution in [3.8, 4) is 18.4 Å². The summed E-state index contributed by atoms with van der Waals surface area (Å²) in [7, 11) is 1.75. The normalized spacial score (nSPS) is 47.7. The minimum absolute atomic E-state index is 0.0463. The first kappa shape index (κ1) is 23.5. The first-order valence-electron chi connectivity index (χ1n) is 13.2. The van der Waals surface area contributed by atoms with Crippen LogP contribution in [0.25, 0.3) is 0 Å². The van der Waals surface area contributed by atoms with Crippen LogP contribution in [0.1, 0.15) is 72.6 Å². The highest BCUT2D eigenvalue weighted by Gasteiger charge is 2.80. The van der Waals surface area contributed by atoms with Crippen LogP contribution in [0.15, 0.2) is 28.3 Å². The molecule has 0 radical (unpaired) electrons. The summed E-state index contributed by atoms with van der Waals surface area (Å²) in [4.78, 5) is 32.6. The van der Waals surface area contributed by atoms with Crippen molar-refractivity contribution >= 4 is 17.6 Å². The van der Waals surface area contributed by atoms with Gasteiger partial charge in [-0.3, -0.25) is 14.6 Å². The molecule has 6 heteroatoms. The van der Waals surface area contributed by atoms with Gasteiger partial charge in [0.2, 0.25) is 0 Å². The van der Waals surface area contributed by atoms with Crippen molar-refractivity contribution in [1.29, 1.82) is 5.26 Å². The Morgan fingerprint density at radius 2 is 1.89 bits per heavy atom. The molecular formula is C30H35N3O3. The van der Waals surface area contributed by atoms with E-state index in [2.05, 4.69) is 45.8 Å². The summed E-state index contributed by atoms with van der Waals surface area (Å²) >= 11 is 0. The molecular weight excluding hydrogens is 450 g/mol. The first-order valence-corrected chi connectivity index (χ1v) is 13.2. The van der Waals surface area contributed by atoms with E-state index >= 15 is 0 Å². The van der Waals surface area contributed by atoms with E-state index in [1.807, 2.05) is 0 Å². The smallest absolute Gasteiger partial charge is 0.310 e. The second-order valence-corrected chi connectivity index (χ2v) is 13.5. The second-order valence-electron chi connectivity index (χ2n) is 13.5. The summed E-state index contributed by atoms with van der Waals surface area (Å²) in [6.45, 7) is 9.13. The van der Waals surface area contributed by atoms with E-state index in [-0.39, 0.29) is 39.7 Å². The highest BCUT2D eigenvalue weighted by molar-refractivity contribution is 6.16. The van der Waals surface area contributed by atoms with Gasteiger partial charge >= 0.3 is 5.97 Å². The zero-order chi connectivity index (χ0) is 26.1. The summed E-state index contributed by atoms with van der Waals surface area (Å²) in [5.41, 5.74) is -0.489. The molecule has 1 N–H and O–H groups in total. The number of carboxylic acid groups (broad SMARTS) is 1. The van der Waals surface area contributed by atoms with Crippen molar-refractivity contribution in [3.05, 3.63) is 23.3 Å². The monoisotopic (exact) mass is 485 g/mol. The lowest BCUT2D eigenvalue weighted by Gasteiger charge is -2.68. The Balaban J connectivity index is 1.57. The molecule has 36 heavy (non-hydrogen) atoms. The van der Waals surface area contributed by atoms with E-state index in [4.69, 9.17) is 11.4 Å². The highest BCUT2D eigenvalue weighted by atomic mass is 16.4. The molecule has 1 spiro atoms. The van der Waals surface area contributed by atoms with Gasteiger partial charge in [0.25, 0.3) is 5.91 Å². The third kappa shape index (κ3) is 2.29. The molecule has 0 aromatic carbocycles. The Kier molecular flexibility index (Phi) is 4.26. The minimum Gasteiger partial charge on any atom is -0.481 e. The summed E-state index contributed by atoms with van der Waals surface area (Å²) in [6.07, 6.45) is 15.7. The molecule has 0 unspecified atom stereocenters. The third-order valence-corrected chi connectivity index (χ3v) is 11.9. The van der Waals surface area contributed by atoms with Crippen LogP contribution in [0.2, 0.25) is 0 Å². The van der Waals surface area contributed by atoms with Gasteiger partial charge in [0.15, 0.2) is 0 Å². The van der Waals surface area contributed by atoms with Gasteiger partial charge in [0.1, 0.15) is 17.2 Å². The van der Waals surface area contributed by atoms with Gasteiger partial charge in [-0.1, -0.05) is 33.6 Å². The maximum absolute atomic E-state index is 12.9. The molecule has 0 bridgehead atoms. The average molecular weight is 486 g/mol. The Hall–Kier alpha value is -2.86. The SMILES string of the molecule is C#C[C@]12C=C(C#N)C(=O)N(C)[C@@H]1CC[C@]1(C)C2=CC2=N[C@]23[C@@H]2CC(C)(C)CC[C@]2(C(=O)O)CC[C@@]13C. The summed E-state index contributed by atoms with van der Waals surface area (Å²) in [5.74, 6) is 2.08. The van der Waals surface area contributed by atoms with Crippen LogP contribution < -0.4 is 0 Å². The number of aliphatic carboxylic acids is 1. The van der Waals surface area contributed by atoms with E-state index in [0.29, 0.717) is 12.8 Å². The van der Waals surface area contributed by atoms with Crippen molar-refractivity contribution in [2.24, 2.45) is 38.0 Å². The topological polar surface area (TPSA) is 93.8 Å². The fraction of sp³-hybridized carbons (Fsp3) is 0.667. The Bertz CT molecular complexity index is 1310. The number of terminal acetylenes is 1. The third-order valence-electron chi connectivity index (χ3n) is 11.9. The van der Waals surface area contributed by atoms with E-state index < -0.39 is 22.3 Å². The van der Waals surface area contributed by atoms with Crippen molar-refractivity contribution < 1.29 is 14.7 Å². The molecule has 6 rings (SSSR count). The van der Waals surface area contributed by atoms with Crippen molar-refractivity contribution in [1.82, 2.24) is 4.90 Å². The maximum atomic E-state index is 12.9. The Morgan fingerprint density at radius 3 is 2.53 bits per heavy atom. The number of hydrogen-bond acceptors (Lipinski definition) is 4. The fourth-order valence-corrected chi connectivity index (χ4v) is 9.51. The van der Waals surface area contributed by atoms with Crippen LogP contribution in [0.3, 0.4) is 0 Å². The number of carboxylic acids is 1. The van der Waals surface area contributed by atoms with Crippen LogP contribution in [0.4, 0.5) is 0 Å². The van der Waals surface area contributed by atoms with Crippen LogP contribution in [-0.4, -0.2) is 46.2 Å². The standard InChI is InChI=1S/C30H35N3O3/c1-7-28-15-18(17-31)23(34)33(6)22(28)8-9-26(4)19(28)14-21-30(32-21)20-16-25(2,3)10-12-29(20,24(35)36)13-11-27(26,30)5/h1,14-15,20,22H,8-13,16H2,2-6H3,(H,35,36)/t20-,22-,26-,27+,28-,29+,30-/m1/s1. The second kappa shape index (κ2) is 6.52. The quantitative estimate of drug-likeness (QED) is 0.552. The van der Waals surface area contributed by atoms with Gasteiger partial charge in [-0.15, -0.1) is 6.42 Å². The number of carbonyl (C=O) groups is 2. The van der Waals surface area contributed by atoms with Crippen molar-refractivity contribution in [3.63, 3.8) is 0 Å². The highest BCUT2D eigenvalue weighted by Crippen LogP contribution is 2.78. The van der Waals surface area contributed by atoms with Gasteiger partial charge < -0.3 is 10.0 Å². The lowest BCUT2D eigenvalue weighted by molar-refractivity contribution is -0.176. The van der Waals surface area contributed by atoms with E-state index in [1.54, 1.807) is 18.0 Å². The molecule has 0 aromatic rings. The molecule has 188 valence electrons. The average Bonchev–Trinajstić information content (AvgIpc) is 3.56. The van der Waals surface area contributed by atoms with Crippen LogP contribution in [-0.2, 0) is 9.59 Å². The van der Waals surface area contributed by atoms with Crippen LogP contribution in [0.5, 0.6) is 0 Å². The Morgan fingerprint density at radius 1 is 1.19 bits per heavy atom. The van der Waals surface area contributed by atoms with Gasteiger partial charge in [-0.05, 0) is 73.5 Å². The number of carbonyl (C=O) groups excluding carboxylic acids is 1. The fourth-order valence-electron chi connectivity index (χ4n) is 9.51. The zero-order valence-electron chi connectivity index (χ0n) is 21.9. The molecule has 0 saturated heterocycles. The van der Waals surface area contributed by atoms with Gasteiger partial charge in [0, 0.05) is 18.4 Å². The molecule has 3 fully saturated rings. The minimum atomic E-state index is -0.867. The predicted octanol–water partition coefficient (Wildman–Crippen LogP) is 4.53. The molecule has 4 aliphatic carbocycles. The molecule has 3 saturated carbocycles. The Labute approximate surface area is 213 Å². The van der Waals surface area contributed by atoms with E-state index in [1.165, 1.54) is 0 Å². The molecule has 2 heterocycles. The number of aliphatic imine (C=N–C) groups is 1. The van der Waals surface area contributed by atoms with E-state index in [0.717, 1.165) is 43.4 Å². The predicted molar refractivity (Wildman–Crippen MR) is 136 cm³/mol. The van der Waals surface area contributed by atoms with Crippen LogP contribution >= 0.6 is 0 Å². The summed E-state index contributed by atoms with van der Waals surface area (Å²) in [6, 6.07) is 1.87. The number of nitriles is 1. The number of amides is 1. The maximum Gasteiger partial charge on any atom is 0.310 e. The van der Waals surface area contributed by atoms with Gasteiger partial charge in [-0.25, -0.2) is 0 Å². The molecule has 6 aliphatic rings. The first-order chi connectivity index (χ1) is 16.8. The van der Waals surface area contributed by atoms with Crippen molar-refractivity contribution in [2.75, 3.05) is 7.05 Å². The number of likely N-dealkylation sites (N-methyl/N-ethyl adjacent to an activating group) is 1. The zero-order valence-corrected chi connectivity index (χ0v) is 21.9. The van der Waals surface area contributed by atoms with E-state index in [9.17, 15) is 20.0 Å². The molecule has 6 nitrogen and oxygen atoms in total. The number of rotatable bonds is 1. The summed E-state index contributed by atoms with van der Waals surface area (Å²) in [5, 5.41) is 20.3. The lowest BCUT2D eigenvalue weighted by atomic mass is 9.35. The molecule has 1 amide bonds. The van der Waals surface area contributed by atoms with Crippen LogP contribution in [0, 0.1) is 56.7 Å².